The number of nitrogens with zero attached hydrogens (tertiary/aromatic N) is 5. The monoisotopic (exact) mass is 449 g/mol. The molecule has 0 amide bonds. The molecule has 1 aromatic carbocycles. The van der Waals surface area contributed by atoms with Gasteiger partial charge in [-0.15, -0.1) is 0 Å². The predicted molar refractivity (Wildman–Crippen MR) is 121 cm³/mol. The van der Waals surface area contributed by atoms with Gasteiger partial charge in [0.2, 0.25) is 0 Å². The average molecular weight is 450 g/mol. The van der Waals surface area contributed by atoms with E-state index in [2.05, 4.69) is 15.2 Å². The van der Waals surface area contributed by atoms with Gasteiger partial charge in [0.25, 0.3) is 5.56 Å². The van der Waals surface area contributed by atoms with Crippen LogP contribution < -0.4 is 10.3 Å². The minimum Gasteiger partial charge on any atom is -0.495 e. The molecule has 0 bridgehead atoms. The number of aromatic nitrogens is 5. The van der Waals surface area contributed by atoms with Gasteiger partial charge < -0.3 is 9.47 Å². The van der Waals surface area contributed by atoms with Crippen LogP contribution in [0.4, 0.5) is 0 Å². The highest BCUT2D eigenvalue weighted by atomic mass is 32.2. The summed E-state index contributed by atoms with van der Waals surface area (Å²) in [5, 5.41) is 10.3. The molecule has 0 spiro atoms. The Labute approximate surface area is 189 Å². The van der Waals surface area contributed by atoms with Crippen LogP contribution in [0.3, 0.4) is 0 Å². The van der Waals surface area contributed by atoms with Gasteiger partial charge in [-0.25, -0.2) is 9.36 Å². The van der Waals surface area contributed by atoms with Crippen LogP contribution in [-0.4, -0.2) is 38.3 Å². The standard InChI is InChI=1S/C23H23N5O3S/c1-30-18-6-5-17(24-12-18)14-28-23(29)21-8-7-19(10-16(21)11-25-28)32-20-13-26-27(15-20)22-4-2-3-9-31-22/h5-8,10-13,15,22H,2-4,9,14H2,1H3. The summed E-state index contributed by atoms with van der Waals surface area (Å²) in [6, 6.07) is 9.45. The molecular weight excluding hydrogens is 426 g/mol. The molecule has 32 heavy (non-hydrogen) atoms. The van der Waals surface area contributed by atoms with Crippen molar-refractivity contribution in [3.8, 4) is 5.75 Å². The van der Waals surface area contributed by atoms with Crippen molar-refractivity contribution in [2.75, 3.05) is 13.7 Å². The summed E-state index contributed by atoms with van der Waals surface area (Å²) in [6.07, 6.45) is 10.5. The van der Waals surface area contributed by atoms with Gasteiger partial charge in [-0.1, -0.05) is 11.8 Å². The second-order valence-corrected chi connectivity index (χ2v) is 8.77. The topological polar surface area (TPSA) is 84.1 Å². The molecule has 4 heterocycles. The Morgan fingerprint density at radius 2 is 2.06 bits per heavy atom. The van der Waals surface area contributed by atoms with Gasteiger partial charge in [-0.2, -0.15) is 10.2 Å². The molecule has 3 aromatic heterocycles. The molecule has 0 saturated carbocycles. The minimum atomic E-state index is -0.140. The first-order chi connectivity index (χ1) is 15.7. The normalized spacial score (nSPS) is 16.3. The summed E-state index contributed by atoms with van der Waals surface area (Å²) in [5.41, 5.74) is 0.602. The fourth-order valence-electron chi connectivity index (χ4n) is 3.72. The van der Waals surface area contributed by atoms with Crippen LogP contribution in [0, 0.1) is 0 Å². The van der Waals surface area contributed by atoms with Crippen LogP contribution in [0.15, 0.2) is 69.7 Å². The van der Waals surface area contributed by atoms with E-state index in [-0.39, 0.29) is 11.8 Å². The summed E-state index contributed by atoms with van der Waals surface area (Å²) in [5.74, 6) is 0.675. The lowest BCUT2D eigenvalue weighted by molar-refractivity contribution is -0.0396. The highest BCUT2D eigenvalue weighted by molar-refractivity contribution is 7.99. The third kappa shape index (κ3) is 4.39. The van der Waals surface area contributed by atoms with Crippen molar-refractivity contribution in [3.05, 3.63) is 71.2 Å². The zero-order valence-corrected chi connectivity index (χ0v) is 18.5. The van der Waals surface area contributed by atoms with E-state index in [1.807, 2.05) is 47.4 Å². The second-order valence-electron chi connectivity index (χ2n) is 7.63. The summed E-state index contributed by atoms with van der Waals surface area (Å²) in [6.45, 7) is 1.09. The quantitative estimate of drug-likeness (QED) is 0.441. The Kier molecular flexibility index (Phi) is 5.91. The lowest BCUT2D eigenvalue weighted by Gasteiger charge is -2.22. The number of benzene rings is 1. The smallest absolute Gasteiger partial charge is 0.274 e. The molecule has 5 rings (SSSR count). The van der Waals surface area contributed by atoms with Crippen molar-refractivity contribution in [1.29, 1.82) is 0 Å². The van der Waals surface area contributed by atoms with E-state index >= 15 is 0 Å². The maximum absolute atomic E-state index is 12.9. The third-order valence-corrected chi connectivity index (χ3v) is 6.37. The lowest BCUT2D eigenvalue weighted by atomic mass is 10.2. The van der Waals surface area contributed by atoms with E-state index in [4.69, 9.17) is 9.47 Å². The Balaban J connectivity index is 1.33. The maximum Gasteiger partial charge on any atom is 0.274 e. The highest BCUT2D eigenvalue weighted by Crippen LogP contribution is 2.31. The summed E-state index contributed by atoms with van der Waals surface area (Å²) in [7, 11) is 1.59. The number of ether oxygens (including phenoxy) is 2. The number of hydrogen-bond acceptors (Lipinski definition) is 7. The van der Waals surface area contributed by atoms with Gasteiger partial charge in [0.15, 0.2) is 0 Å². The SMILES string of the molecule is COc1ccc(Cn2ncc3cc(Sc4cnn(C5CCCCO5)c4)ccc3c2=O)nc1. The van der Waals surface area contributed by atoms with Crippen molar-refractivity contribution in [2.24, 2.45) is 0 Å². The largest absolute Gasteiger partial charge is 0.495 e. The first-order valence-corrected chi connectivity index (χ1v) is 11.3. The van der Waals surface area contributed by atoms with Gasteiger partial charge >= 0.3 is 0 Å². The molecule has 1 aliphatic rings. The molecule has 0 radical (unpaired) electrons. The van der Waals surface area contributed by atoms with E-state index in [0.717, 1.165) is 46.7 Å². The van der Waals surface area contributed by atoms with Crippen molar-refractivity contribution in [3.63, 3.8) is 0 Å². The van der Waals surface area contributed by atoms with Gasteiger partial charge in [0, 0.05) is 23.1 Å². The Bertz CT molecular complexity index is 1280. The van der Waals surface area contributed by atoms with Gasteiger partial charge in [-0.05, 0) is 49.6 Å². The van der Waals surface area contributed by atoms with E-state index in [9.17, 15) is 4.79 Å². The molecule has 1 saturated heterocycles. The third-order valence-electron chi connectivity index (χ3n) is 5.43. The van der Waals surface area contributed by atoms with Crippen LogP contribution in [0.5, 0.6) is 5.75 Å². The van der Waals surface area contributed by atoms with Crippen molar-refractivity contribution in [1.82, 2.24) is 24.5 Å². The Morgan fingerprint density at radius 3 is 2.84 bits per heavy atom. The van der Waals surface area contributed by atoms with E-state index < -0.39 is 0 Å². The lowest BCUT2D eigenvalue weighted by Crippen LogP contribution is -2.23. The van der Waals surface area contributed by atoms with Crippen LogP contribution in [-0.2, 0) is 11.3 Å². The minimum absolute atomic E-state index is 0.0255. The summed E-state index contributed by atoms with van der Waals surface area (Å²) >= 11 is 1.61. The van der Waals surface area contributed by atoms with Crippen LogP contribution in [0.25, 0.3) is 10.8 Å². The van der Waals surface area contributed by atoms with E-state index in [0.29, 0.717) is 17.7 Å². The summed E-state index contributed by atoms with van der Waals surface area (Å²) in [4.78, 5) is 19.3. The number of hydrogen-bond donors (Lipinski definition) is 0. The molecule has 1 fully saturated rings. The van der Waals surface area contributed by atoms with Crippen LogP contribution >= 0.6 is 11.8 Å². The fourth-order valence-corrected chi connectivity index (χ4v) is 4.57. The highest BCUT2D eigenvalue weighted by Gasteiger charge is 2.17. The van der Waals surface area contributed by atoms with Crippen molar-refractivity contribution in [2.45, 2.75) is 41.8 Å². The number of fused-ring (bicyclic) bond motifs is 1. The molecule has 1 atom stereocenters. The average Bonchev–Trinajstić information content (AvgIpc) is 3.30. The predicted octanol–water partition coefficient (Wildman–Crippen LogP) is 3.90. The molecule has 8 nitrogen and oxygen atoms in total. The number of rotatable bonds is 6. The zero-order chi connectivity index (χ0) is 21.9. The molecule has 4 aromatic rings. The first kappa shape index (κ1) is 20.7. The maximum atomic E-state index is 12.9. The fraction of sp³-hybridized carbons (Fsp3) is 0.304. The molecule has 1 unspecified atom stereocenters. The molecule has 1 aliphatic heterocycles. The van der Waals surface area contributed by atoms with Crippen molar-refractivity contribution < 1.29 is 9.47 Å². The van der Waals surface area contributed by atoms with Gasteiger partial charge in [0.05, 0.1) is 48.2 Å². The van der Waals surface area contributed by atoms with E-state index in [1.165, 1.54) is 4.68 Å². The van der Waals surface area contributed by atoms with E-state index in [1.54, 1.807) is 31.3 Å². The Hall–Kier alpha value is -3.17. The number of pyridine rings is 1. The molecule has 0 aliphatic carbocycles. The summed E-state index contributed by atoms with van der Waals surface area (Å²) < 4.78 is 14.3. The first-order valence-electron chi connectivity index (χ1n) is 10.5. The second kappa shape index (κ2) is 9.13. The molecular formula is C23H23N5O3S. The zero-order valence-electron chi connectivity index (χ0n) is 17.7. The Morgan fingerprint density at radius 1 is 1.12 bits per heavy atom. The molecule has 9 heteroatoms. The molecule has 0 N–H and O–H groups in total. The number of methoxy groups -OCH3 is 1. The van der Waals surface area contributed by atoms with Crippen LogP contribution in [0.2, 0.25) is 0 Å². The van der Waals surface area contributed by atoms with Gasteiger partial charge in [0.1, 0.15) is 12.0 Å². The van der Waals surface area contributed by atoms with Gasteiger partial charge in [-0.3, -0.25) is 9.78 Å². The van der Waals surface area contributed by atoms with Crippen LogP contribution in [0.1, 0.15) is 31.2 Å². The van der Waals surface area contributed by atoms with Crippen molar-refractivity contribution >= 4 is 22.5 Å². The molecule has 164 valence electrons.